The fraction of sp³-hybridized carbons (Fsp3) is 0.857. The molecular weight excluding hydrogens is 167 g/mol. The molecule has 0 aromatic heterocycles. The van der Waals surface area contributed by atoms with Crippen molar-refractivity contribution in [1.29, 1.82) is 0 Å². The topological polar surface area (TPSA) is 77.8 Å². The number of ketones is 1. The minimum Gasteiger partial charge on any atom is -0.391 e. The molecule has 0 saturated heterocycles. The van der Waals surface area contributed by atoms with Crippen LogP contribution in [0.15, 0.2) is 0 Å². The van der Waals surface area contributed by atoms with E-state index in [1.54, 1.807) is 0 Å². The minimum atomic E-state index is -1.53. The van der Waals surface area contributed by atoms with Gasteiger partial charge in [0.25, 0.3) is 0 Å². The lowest BCUT2D eigenvalue weighted by Gasteiger charge is -2.15. The van der Waals surface area contributed by atoms with E-state index in [9.17, 15) is 9.18 Å². The Hall–Kier alpha value is -0.520. The fourth-order valence-electron chi connectivity index (χ4n) is 0.646. The first kappa shape index (κ1) is 11.5. The SMILES string of the molecule is CC(O)C(O)CC(O)C(=O)CF. The molecule has 0 saturated carbocycles. The van der Waals surface area contributed by atoms with Gasteiger partial charge in [-0.05, 0) is 6.92 Å². The molecule has 0 fully saturated rings. The van der Waals surface area contributed by atoms with Gasteiger partial charge in [-0.25, -0.2) is 4.39 Å². The number of halogens is 1. The average Bonchev–Trinajstić information content (AvgIpc) is 2.02. The number of aliphatic hydroxyl groups is 3. The average molecular weight is 180 g/mol. The molecule has 0 bridgehead atoms. The second-order valence-corrected chi connectivity index (χ2v) is 2.66. The van der Waals surface area contributed by atoms with Crippen LogP contribution in [0.2, 0.25) is 0 Å². The van der Waals surface area contributed by atoms with Crippen LogP contribution in [0.4, 0.5) is 4.39 Å². The van der Waals surface area contributed by atoms with E-state index in [2.05, 4.69) is 0 Å². The predicted octanol–water partition coefficient (Wildman–Crippen LogP) is -0.982. The molecule has 0 aromatic rings. The fourth-order valence-corrected chi connectivity index (χ4v) is 0.646. The van der Waals surface area contributed by atoms with Gasteiger partial charge < -0.3 is 15.3 Å². The third-order valence-corrected chi connectivity index (χ3v) is 1.52. The van der Waals surface area contributed by atoms with Gasteiger partial charge in [-0.2, -0.15) is 0 Å². The summed E-state index contributed by atoms with van der Waals surface area (Å²) >= 11 is 0. The third kappa shape index (κ3) is 3.75. The molecule has 0 rings (SSSR count). The maximum atomic E-state index is 11.6. The Balaban J connectivity index is 3.83. The lowest BCUT2D eigenvalue weighted by molar-refractivity contribution is -0.130. The van der Waals surface area contributed by atoms with Crippen LogP contribution < -0.4 is 0 Å². The van der Waals surface area contributed by atoms with Gasteiger partial charge in [0.05, 0.1) is 12.2 Å². The Labute approximate surface area is 69.6 Å². The Morgan fingerprint density at radius 2 is 1.92 bits per heavy atom. The predicted molar refractivity (Wildman–Crippen MR) is 39.3 cm³/mol. The Bertz CT molecular complexity index is 148. The number of aliphatic hydroxyl groups excluding tert-OH is 3. The number of carbonyl (C=O) groups excluding carboxylic acids is 1. The van der Waals surface area contributed by atoms with E-state index < -0.39 is 30.8 Å². The van der Waals surface area contributed by atoms with Gasteiger partial charge >= 0.3 is 0 Å². The molecule has 5 heteroatoms. The number of hydrogen-bond donors (Lipinski definition) is 3. The van der Waals surface area contributed by atoms with Crippen LogP contribution in [0.25, 0.3) is 0 Å². The molecule has 0 aliphatic heterocycles. The zero-order chi connectivity index (χ0) is 9.72. The van der Waals surface area contributed by atoms with Crippen molar-refractivity contribution in [2.45, 2.75) is 31.7 Å². The second-order valence-electron chi connectivity index (χ2n) is 2.66. The molecule has 3 unspecified atom stereocenters. The Morgan fingerprint density at radius 3 is 2.25 bits per heavy atom. The maximum absolute atomic E-state index is 11.6. The van der Waals surface area contributed by atoms with Gasteiger partial charge in [-0.3, -0.25) is 4.79 Å². The first-order chi connectivity index (χ1) is 5.49. The summed E-state index contributed by atoms with van der Waals surface area (Å²) in [4.78, 5) is 10.5. The van der Waals surface area contributed by atoms with Crippen LogP contribution in [0.3, 0.4) is 0 Å². The zero-order valence-corrected chi connectivity index (χ0v) is 6.77. The summed E-state index contributed by atoms with van der Waals surface area (Å²) in [5.41, 5.74) is 0. The number of alkyl halides is 1. The minimum absolute atomic E-state index is 0.333. The summed E-state index contributed by atoms with van der Waals surface area (Å²) < 4.78 is 11.6. The highest BCUT2D eigenvalue weighted by atomic mass is 19.1. The normalized spacial score (nSPS) is 18.4. The number of carbonyl (C=O) groups is 1. The van der Waals surface area contributed by atoms with Gasteiger partial charge in [0.2, 0.25) is 0 Å². The quantitative estimate of drug-likeness (QED) is 0.508. The molecule has 72 valence electrons. The van der Waals surface area contributed by atoms with E-state index >= 15 is 0 Å². The van der Waals surface area contributed by atoms with Crippen molar-refractivity contribution in [3.05, 3.63) is 0 Å². The van der Waals surface area contributed by atoms with Crippen molar-refractivity contribution >= 4 is 5.78 Å². The molecule has 0 radical (unpaired) electrons. The summed E-state index contributed by atoms with van der Waals surface area (Å²) in [5.74, 6) is -0.977. The summed E-state index contributed by atoms with van der Waals surface area (Å²) in [6.45, 7) is 0.0605. The molecular formula is C7H13FO4. The van der Waals surface area contributed by atoms with Crippen molar-refractivity contribution in [3.8, 4) is 0 Å². The molecule has 0 spiro atoms. The van der Waals surface area contributed by atoms with Crippen LogP contribution in [0, 0.1) is 0 Å². The molecule has 12 heavy (non-hydrogen) atoms. The molecule has 3 N–H and O–H groups in total. The van der Waals surface area contributed by atoms with Gasteiger partial charge in [0.1, 0.15) is 6.10 Å². The van der Waals surface area contributed by atoms with Gasteiger partial charge in [-0.15, -0.1) is 0 Å². The van der Waals surface area contributed by atoms with Crippen LogP contribution in [-0.4, -0.2) is 46.1 Å². The molecule has 0 aliphatic carbocycles. The van der Waals surface area contributed by atoms with Crippen molar-refractivity contribution in [1.82, 2.24) is 0 Å². The monoisotopic (exact) mass is 180 g/mol. The van der Waals surface area contributed by atoms with Crippen LogP contribution in [-0.2, 0) is 4.79 Å². The van der Waals surface area contributed by atoms with E-state index in [-0.39, 0.29) is 6.42 Å². The van der Waals surface area contributed by atoms with Crippen molar-refractivity contribution < 1.29 is 24.5 Å². The van der Waals surface area contributed by atoms with Crippen molar-refractivity contribution in [2.75, 3.05) is 6.67 Å². The van der Waals surface area contributed by atoms with Crippen LogP contribution in [0.1, 0.15) is 13.3 Å². The lowest BCUT2D eigenvalue weighted by atomic mass is 10.1. The van der Waals surface area contributed by atoms with E-state index in [1.165, 1.54) is 6.92 Å². The standard InChI is InChI=1S/C7H13FO4/c1-4(9)5(10)2-6(11)7(12)3-8/h4-6,9-11H,2-3H2,1H3. The van der Waals surface area contributed by atoms with E-state index in [0.29, 0.717) is 0 Å². The van der Waals surface area contributed by atoms with Gasteiger partial charge in [0, 0.05) is 6.42 Å². The molecule has 0 heterocycles. The zero-order valence-electron chi connectivity index (χ0n) is 6.77. The number of hydrogen-bond acceptors (Lipinski definition) is 4. The maximum Gasteiger partial charge on any atom is 0.192 e. The van der Waals surface area contributed by atoms with Crippen LogP contribution >= 0.6 is 0 Å². The number of Topliss-reactive ketones (excluding diaryl/α,β-unsaturated/α-hetero) is 1. The largest absolute Gasteiger partial charge is 0.391 e. The third-order valence-electron chi connectivity index (χ3n) is 1.52. The molecule has 3 atom stereocenters. The van der Waals surface area contributed by atoms with Gasteiger partial charge in [0.15, 0.2) is 12.5 Å². The Kier molecular flexibility index (Phi) is 4.96. The summed E-state index contributed by atoms with van der Waals surface area (Å²) in [7, 11) is 0. The molecule has 0 aliphatic rings. The molecule has 4 nitrogen and oxygen atoms in total. The molecule has 0 amide bonds. The highest BCUT2D eigenvalue weighted by Gasteiger charge is 2.21. The van der Waals surface area contributed by atoms with E-state index in [1.807, 2.05) is 0 Å². The number of rotatable bonds is 5. The van der Waals surface area contributed by atoms with Crippen molar-refractivity contribution in [2.24, 2.45) is 0 Å². The lowest BCUT2D eigenvalue weighted by Crippen LogP contribution is -2.32. The highest BCUT2D eigenvalue weighted by molar-refractivity contribution is 5.83. The first-order valence-corrected chi connectivity index (χ1v) is 3.62. The van der Waals surface area contributed by atoms with E-state index in [0.717, 1.165) is 0 Å². The smallest absolute Gasteiger partial charge is 0.192 e. The Morgan fingerprint density at radius 1 is 1.42 bits per heavy atom. The first-order valence-electron chi connectivity index (χ1n) is 3.62. The summed E-state index contributed by atoms with van der Waals surface area (Å²) in [6, 6.07) is 0. The van der Waals surface area contributed by atoms with Gasteiger partial charge in [-0.1, -0.05) is 0 Å². The summed E-state index contributed by atoms with van der Waals surface area (Å²) in [5, 5.41) is 26.6. The van der Waals surface area contributed by atoms with E-state index in [4.69, 9.17) is 15.3 Å². The van der Waals surface area contributed by atoms with Crippen LogP contribution in [0.5, 0.6) is 0 Å². The summed E-state index contributed by atoms with van der Waals surface area (Å²) in [6.07, 6.45) is -4.09. The highest BCUT2D eigenvalue weighted by Crippen LogP contribution is 2.03. The van der Waals surface area contributed by atoms with Crippen molar-refractivity contribution in [3.63, 3.8) is 0 Å². The molecule has 0 aromatic carbocycles. The second kappa shape index (κ2) is 5.18.